The van der Waals surface area contributed by atoms with Crippen LogP contribution in [0, 0.1) is 0 Å². The Bertz CT molecular complexity index is 1200. The molecular weight excluding hydrogens is 528 g/mol. The topological polar surface area (TPSA) is 57.5 Å². The summed E-state index contributed by atoms with van der Waals surface area (Å²) in [5.41, 5.74) is 5.25. The van der Waals surface area contributed by atoms with Crippen LogP contribution in [0.15, 0.2) is 131 Å². The predicted octanol–water partition coefficient (Wildman–Crippen LogP) is 10.5. The minimum atomic E-state index is -1.34. The van der Waals surface area contributed by atoms with Gasteiger partial charge in [-0.1, -0.05) is 125 Å². The number of carbonyl (C=O) groups is 1. The molecule has 0 atom stereocenters. The highest BCUT2D eigenvalue weighted by Crippen LogP contribution is 2.16. The fourth-order valence-electron chi connectivity index (χ4n) is 3.65. The van der Waals surface area contributed by atoms with E-state index in [0.29, 0.717) is 0 Å². The molecule has 0 saturated carbocycles. The van der Waals surface area contributed by atoms with Crippen molar-refractivity contribution in [2.24, 2.45) is 0 Å². The second-order valence-corrected chi connectivity index (χ2v) is 12.6. The van der Waals surface area contributed by atoms with Gasteiger partial charge in [0.1, 0.15) is 5.60 Å². The smallest absolute Gasteiger partial charge is 0.186 e. The highest BCUT2D eigenvalue weighted by atomic mass is 16.3. The van der Waals surface area contributed by atoms with Crippen molar-refractivity contribution in [3.05, 3.63) is 131 Å². The molecule has 43 heavy (non-hydrogen) atoms. The Balaban J connectivity index is 4.69. The Labute approximate surface area is 263 Å². The molecular formula is C40H58O3. The maximum Gasteiger partial charge on any atom is 0.186 e. The van der Waals surface area contributed by atoms with Gasteiger partial charge < -0.3 is 10.2 Å². The van der Waals surface area contributed by atoms with Crippen LogP contribution >= 0.6 is 0 Å². The minimum absolute atomic E-state index is 0.313. The van der Waals surface area contributed by atoms with Gasteiger partial charge in [-0.25, -0.2) is 0 Å². The average molecular weight is 587 g/mol. The zero-order chi connectivity index (χ0) is 32.9. The maximum absolute atomic E-state index is 11.8. The van der Waals surface area contributed by atoms with Crippen LogP contribution in [-0.4, -0.2) is 27.2 Å². The zero-order valence-electron chi connectivity index (χ0n) is 28.6. The summed E-state index contributed by atoms with van der Waals surface area (Å²) in [4.78, 5) is 11.8. The quantitative estimate of drug-likeness (QED) is 0.0954. The highest BCUT2D eigenvalue weighted by Gasteiger charge is 2.20. The molecule has 0 unspecified atom stereocenters. The minimum Gasteiger partial charge on any atom is -0.390 e. The SMILES string of the molecule is CC(C=CC=C(C)C=CC=C(C)C=CC(=O)C(C)(C)O)=CC=CC=C(C)C=CC=C(C)CCC=C(C)CCCC(C)(C)O. The van der Waals surface area contributed by atoms with E-state index in [1.807, 2.05) is 52.0 Å². The van der Waals surface area contributed by atoms with Crippen molar-refractivity contribution in [3.63, 3.8) is 0 Å². The second kappa shape index (κ2) is 21.4. The van der Waals surface area contributed by atoms with Crippen LogP contribution in [0.1, 0.15) is 101 Å². The van der Waals surface area contributed by atoms with Gasteiger partial charge in [0.05, 0.1) is 5.60 Å². The molecule has 3 heteroatoms. The third-order valence-electron chi connectivity index (χ3n) is 6.50. The van der Waals surface area contributed by atoms with Crippen LogP contribution in [0.5, 0.6) is 0 Å². The molecule has 3 nitrogen and oxygen atoms in total. The van der Waals surface area contributed by atoms with E-state index in [2.05, 4.69) is 88.5 Å². The standard InChI is InChI=1S/C40H58O3/c1-32(20-13-22-34(3)24-15-26-36(5)28-17-31-39(7,8)42)18-11-12-19-33(2)21-14-23-35(4)25-16-27-37(6)29-30-38(41)40(9,10)43/h11-14,16,18-23,25-27,29-30,42-43H,15,17,24,28,31H2,1-10H3. The molecule has 0 aromatic heterocycles. The molecule has 0 aromatic rings. The first-order valence-electron chi connectivity index (χ1n) is 15.4. The number of allylic oxidation sites excluding steroid dienone is 21. The van der Waals surface area contributed by atoms with E-state index in [9.17, 15) is 15.0 Å². The third-order valence-corrected chi connectivity index (χ3v) is 6.50. The van der Waals surface area contributed by atoms with Gasteiger partial charge in [0, 0.05) is 0 Å². The highest BCUT2D eigenvalue weighted by molar-refractivity contribution is 5.96. The Morgan fingerprint density at radius 3 is 1.47 bits per heavy atom. The lowest BCUT2D eigenvalue weighted by Crippen LogP contribution is -2.29. The van der Waals surface area contributed by atoms with E-state index in [0.717, 1.165) is 48.8 Å². The van der Waals surface area contributed by atoms with Gasteiger partial charge >= 0.3 is 0 Å². The molecule has 0 aromatic carbocycles. The third kappa shape index (κ3) is 25.0. The molecule has 0 amide bonds. The number of hydrogen-bond acceptors (Lipinski definition) is 3. The van der Waals surface area contributed by atoms with Crippen molar-refractivity contribution in [1.29, 1.82) is 0 Å². The first-order chi connectivity index (χ1) is 20.0. The molecule has 0 fully saturated rings. The van der Waals surface area contributed by atoms with Crippen LogP contribution in [0.4, 0.5) is 0 Å². The number of rotatable bonds is 18. The molecule has 0 rings (SSSR count). The van der Waals surface area contributed by atoms with Crippen molar-refractivity contribution in [2.75, 3.05) is 0 Å². The molecule has 0 aliphatic heterocycles. The Kier molecular flexibility index (Phi) is 19.8. The van der Waals surface area contributed by atoms with E-state index < -0.39 is 11.2 Å². The Morgan fingerprint density at radius 1 is 0.558 bits per heavy atom. The largest absolute Gasteiger partial charge is 0.390 e. The van der Waals surface area contributed by atoms with Crippen LogP contribution < -0.4 is 0 Å². The van der Waals surface area contributed by atoms with Crippen molar-refractivity contribution in [3.8, 4) is 0 Å². The van der Waals surface area contributed by atoms with Gasteiger partial charge in [0.2, 0.25) is 0 Å². The zero-order valence-corrected chi connectivity index (χ0v) is 28.6. The van der Waals surface area contributed by atoms with Crippen molar-refractivity contribution >= 4 is 5.78 Å². The molecule has 0 bridgehead atoms. The lowest BCUT2D eigenvalue weighted by molar-refractivity contribution is -0.128. The van der Waals surface area contributed by atoms with Crippen molar-refractivity contribution < 1.29 is 15.0 Å². The fourth-order valence-corrected chi connectivity index (χ4v) is 3.65. The molecule has 0 aliphatic rings. The van der Waals surface area contributed by atoms with E-state index in [-0.39, 0.29) is 5.78 Å². The van der Waals surface area contributed by atoms with E-state index in [1.54, 1.807) is 6.08 Å². The predicted molar refractivity (Wildman–Crippen MR) is 189 cm³/mol. The molecule has 0 saturated heterocycles. The monoisotopic (exact) mass is 586 g/mol. The maximum atomic E-state index is 11.8. The Morgan fingerprint density at radius 2 is 1.00 bits per heavy atom. The van der Waals surface area contributed by atoms with Gasteiger partial charge in [0.15, 0.2) is 5.78 Å². The molecule has 0 aliphatic carbocycles. The normalized spacial score (nSPS) is 15.9. The van der Waals surface area contributed by atoms with E-state index in [4.69, 9.17) is 0 Å². The van der Waals surface area contributed by atoms with E-state index >= 15 is 0 Å². The van der Waals surface area contributed by atoms with Crippen LogP contribution in [0.3, 0.4) is 0 Å². The van der Waals surface area contributed by atoms with Crippen LogP contribution in [-0.2, 0) is 4.79 Å². The summed E-state index contributed by atoms with van der Waals surface area (Å²) in [6.07, 6.45) is 37.3. The molecule has 0 heterocycles. The first-order valence-corrected chi connectivity index (χ1v) is 15.4. The summed E-state index contributed by atoms with van der Waals surface area (Å²) in [6, 6.07) is 0. The second-order valence-electron chi connectivity index (χ2n) is 12.6. The fraction of sp³-hybridized carbons (Fsp3) is 0.425. The summed E-state index contributed by atoms with van der Waals surface area (Å²) >= 11 is 0. The van der Waals surface area contributed by atoms with Crippen LogP contribution in [0.25, 0.3) is 0 Å². The van der Waals surface area contributed by atoms with Gasteiger partial charge in [-0.2, -0.15) is 0 Å². The van der Waals surface area contributed by atoms with Crippen LogP contribution in [0.2, 0.25) is 0 Å². The lowest BCUT2D eigenvalue weighted by atomic mass is 9.99. The number of hydrogen-bond donors (Lipinski definition) is 2. The van der Waals surface area contributed by atoms with Gasteiger partial charge in [0.25, 0.3) is 0 Å². The first kappa shape index (κ1) is 39.7. The molecule has 236 valence electrons. The van der Waals surface area contributed by atoms with E-state index in [1.165, 1.54) is 36.6 Å². The van der Waals surface area contributed by atoms with Crippen molar-refractivity contribution in [1.82, 2.24) is 0 Å². The molecule has 0 radical (unpaired) electrons. The number of aliphatic hydroxyl groups is 2. The summed E-state index contributed by atoms with van der Waals surface area (Å²) in [5, 5.41) is 19.5. The van der Waals surface area contributed by atoms with Crippen molar-refractivity contribution in [2.45, 2.75) is 113 Å². The lowest BCUT2D eigenvalue weighted by Gasteiger charge is -2.16. The van der Waals surface area contributed by atoms with Gasteiger partial charge in [-0.15, -0.1) is 0 Å². The molecule has 0 spiro atoms. The molecule has 2 N–H and O–H groups in total. The van der Waals surface area contributed by atoms with Gasteiger partial charge in [-0.3, -0.25) is 4.79 Å². The number of ketones is 1. The summed E-state index contributed by atoms with van der Waals surface area (Å²) < 4.78 is 0. The summed E-state index contributed by atoms with van der Waals surface area (Å²) in [5.74, 6) is -0.313. The summed E-state index contributed by atoms with van der Waals surface area (Å²) in [7, 11) is 0. The Hall–Kier alpha value is -3.27. The van der Waals surface area contributed by atoms with Gasteiger partial charge in [-0.05, 0) is 107 Å². The summed E-state index contributed by atoms with van der Waals surface area (Å²) in [6.45, 7) is 19.2. The number of carbonyl (C=O) groups excluding carboxylic acids is 1. The average Bonchev–Trinajstić information content (AvgIpc) is 2.88.